The minimum Gasteiger partial charge on any atom is -1.00 e. The average molecular weight is 497 g/mol. The Bertz CT molecular complexity index is 1390. The van der Waals surface area contributed by atoms with Crippen molar-refractivity contribution in [2.45, 2.75) is 27.3 Å². The number of hydrogen-bond acceptors (Lipinski definition) is 5. The van der Waals surface area contributed by atoms with E-state index in [0.717, 1.165) is 27.7 Å². The monoisotopic (exact) mass is 496 g/mol. The van der Waals surface area contributed by atoms with Gasteiger partial charge in [-0.05, 0) is 32.4 Å². The van der Waals surface area contributed by atoms with Crippen LogP contribution in [0.4, 0.5) is 22.9 Å². The van der Waals surface area contributed by atoms with E-state index in [1.165, 1.54) is 16.5 Å². The van der Waals surface area contributed by atoms with E-state index in [1.54, 1.807) is 0 Å². The molecule has 3 aromatic rings. The van der Waals surface area contributed by atoms with Crippen LogP contribution in [0.3, 0.4) is 0 Å². The lowest BCUT2D eigenvalue weighted by molar-refractivity contribution is -0.722. The molecule has 2 aromatic carbocycles. The molecule has 2 heterocycles. The highest BCUT2D eigenvalue weighted by Crippen LogP contribution is 2.29. The number of nitrogens with zero attached hydrogens (tertiary/aromatic N) is 3. The van der Waals surface area contributed by atoms with Gasteiger partial charge in [-0.25, -0.2) is 9.69 Å². The van der Waals surface area contributed by atoms with Gasteiger partial charge in [-0.15, -0.1) is 0 Å². The number of carbonyl (C=O) groups excluding carboxylic acids is 1. The molecule has 1 aliphatic heterocycles. The van der Waals surface area contributed by atoms with E-state index < -0.39 is 11.2 Å². The van der Waals surface area contributed by atoms with E-state index in [2.05, 4.69) is 4.98 Å². The number of aliphatic imine (C=N–C) groups is 1. The van der Waals surface area contributed by atoms with E-state index >= 15 is 0 Å². The summed E-state index contributed by atoms with van der Waals surface area (Å²) in [6.45, 7) is 6.36. The minimum absolute atomic E-state index is 0. The number of halogens is 1. The molecule has 1 aromatic heterocycles. The smallest absolute Gasteiger partial charge is 0.330 e. The molecule has 1 aliphatic rings. The molecule has 0 saturated heterocycles. The van der Waals surface area contributed by atoms with Crippen molar-refractivity contribution < 1.29 is 22.1 Å². The van der Waals surface area contributed by atoms with Gasteiger partial charge in [-0.3, -0.25) is 19.1 Å². The molecule has 1 atom stereocenters. The number of amidine groups is 1. The number of fused-ring (bicyclic) bond motifs is 1. The first-order valence-electron chi connectivity index (χ1n) is 11.1. The predicted molar refractivity (Wildman–Crippen MR) is 133 cm³/mol. The van der Waals surface area contributed by atoms with Gasteiger partial charge in [0.05, 0.1) is 12.0 Å². The highest BCUT2D eigenvalue weighted by Gasteiger charge is 2.39. The van der Waals surface area contributed by atoms with Crippen molar-refractivity contribution in [1.82, 2.24) is 9.55 Å². The summed E-state index contributed by atoms with van der Waals surface area (Å²) in [5.41, 5.74) is 7.19. The summed E-state index contributed by atoms with van der Waals surface area (Å²) >= 11 is 0. The molecule has 1 amide bonds. The Morgan fingerprint density at radius 2 is 1.71 bits per heavy atom. The second-order valence-corrected chi connectivity index (χ2v) is 9.40. The van der Waals surface area contributed by atoms with E-state index in [9.17, 15) is 14.4 Å². The molecule has 1 unspecified atom stereocenters. The Morgan fingerprint density at radius 1 is 1.09 bits per heavy atom. The summed E-state index contributed by atoms with van der Waals surface area (Å²) in [5.74, 6) is 0.451. The lowest BCUT2D eigenvalue weighted by atomic mass is 9.94. The van der Waals surface area contributed by atoms with Gasteiger partial charge in [0, 0.05) is 13.1 Å². The summed E-state index contributed by atoms with van der Waals surface area (Å²) in [6, 6.07) is 17.0. The van der Waals surface area contributed by atoms with Gasteiger partial charge in [0.1, 0.15) is 11.5 Å². The molecule has 10 heteroatoms. The van der Waals surface area contributed by atoms with Crippen LogP contribution >= 0.6 is 0 Å². The standard InChI is InChI=1S/C25H28N6O3.ClH/c1-25(2,3)23-27-17-12-8-9-13-18(17)30(23)15-19(32)29(4)20-21(26)31(24(34)28-22(20)33)14-16-10-6-5-7-11-16;/h5-13H,14-15,26H2,1-4H3,(H,28,33,34);1H. The first-order chi connectivity index (χ1) is 16.1. The van der Waals surface area contributed by atoms with Gasteiger partial charge in [0.25, 0.3) is 11.5 Å². The quantitative estimate of drug-likeness (QED) is 0.396. The Morgan fingerprint density at radius 3 is 2.37 bits per heavy atom. The largest absolute Gasteiger partial charge is 1.00 e. The molecule has 0 spiro atoms. The van der Waals surface area contributed by atoms with E-state index in [0.29, 0.717) is 0 Å². The van der Waals surface area contributed by atoms with Crippen molar-refractivity contribution >= 4 is 34.6 Å². The Hall–Kier alpha value is -3.69. The summed E-state index contributed by atoms with van der Waals surface area (Å²) in [7, 11) is 1.50. The summed E-state index contributed by atoms with van der Waals surface area (Å²) < 4.78 is 1.26. The Labute approximate surface area is 209 Å². The summed E-state index contributed by atoms with van der Waals surface area (Å²) in [5, 5.41) is 0. The van der Waals surface area contributed by atoms with Crippen LogP contribution in [0.5, 0.6) is 0 Å². The molecular weight excluding hydrogens is 468 g/mol. The zero-order chi connectivity index (χ0) is 24.6. The number of amides is 1. The zero-order valence-corrected chi connectivity index (χ0v) is 20.9. The lowest BCUT2D eigenvalue weighted by Gasteiger charge is -2.26. The topological polar surface area (TPSA) is 118 Å². The fraction of sp³-hybridized carbons (Fsp3) is 0.280. The maximum Gasteiger partial charge on any atom is 0.330 e. The van der Waals surface area contributed by atoms with Crippen LogP contribution in [-0.2, 0) is 11.3 Å². The first kappa shape index (κ1) is 25.9. The maximum atomic E-state index is 13.4. The first-order valence-corrected chi connectivity index (χ1v) is 11.1. The molecule has 35 heavy (non-hydrogen) atoms. The number of nitrogens with one attached hydrogen (secondary N) is 2. The molecule has 4 rings (SSSR count). The fourth-order valence-corrected chi connectivity index (χ4v) is 4.16. The highest BCUT2D eigenvalue weighted by molar-refractivity contribution is 5.98. The van der Waals surface area contributed by atoms with Crippen molar-refractivity contribution in [3.63, 3.8) is 0 Å². The summed E-state index contributed by atoms with van der Waals surface area (Å²) in [6.07, 6.45) is 0. The molecule has 184 valence electrons. The zero-order valence-electron chi connectivity index (χ0n) is 20.1. The molecule has 0 bridgehead atoms. The van der Waals surface area contributed by atoms with Crippen molar-refractivity contribution in [2.24, 2.45) is 10.4 Å². The Balaban J connectivity index is 0.00000342. The maximum absolute atomic E-state index is 13.4. The highest BCUT2D eigenvalue weighted by atomic mass is 35.5. The number of benzene rings is 2. The second kappa shape index (κ2) is 9.89. The third-order valence-electron chi connectivity index (χ3n) is 5.89. The van der Waals surface area contributed by atoms with Crippen LogP contribution in [0, 0.1) is 5.41 Å². The van der Waals surface area contributed by atoms with Gasteiger partial charge in [0.15, 0.2) is 17.9 Å². The number of nitrogen functional groups attached to an aromatic ring is 1. The number of quaternary nitrogens is 1. The number of H-pyrrole nitrogens is 1. The van der Waals surface area contributed by atoms with E-state index in [1.807, 2.05) is 75.4 Å². The number of anilines is 2. The van der Waals surface area contributed by atoms with Gasteiger partial charge in [-0.2, -0.15) is 4.99 Å². The Kier molecular flexibility index (Phi) is 7.33. The van der Waals surface area contributed by atoms with Crippen molar-refractivity contribution in [3.05, 3.63) is 81.0 Å². The molecule has 0 aliphatic carbocycles. The van der Waals surface area contributed by atoms with E-state index in [-0.39, 0.29) is 48.3 Å². The minimum atomic E-state index is -0.704. The van der Waals surface area contributed by atoms with Crippen LogP contribution in [0.2, 0.25) is 0 Å². The summed E-state index contributed by atoms with van der Waals surface area (Å²) in [4.78, 5) is 47.7. The van der Waals surface area contributed by atoms with Crippen LogP contribution in [-0.4, -0.2) is 34.9 Å². The average Bonchev–Trinajstić information content (AvgIpc) is 3.16. The number of aromatic amines is 1. The van der Waals surface area contributed by atoms with Crippen molar-refractivity contribution in [3.8, 4) is 0 Å². The SMILES string of the molecule is CN(C(=O)C[NH+]1C(C(C)(C)C)=Nc2ccccc21)c1c(N)n(Cc2ccccc2)c(=O)[nH]c1=O.[Cl-]. The second-order valence-electron chi connectivity index (χ2n) is 9.40. The van der Waals surface area contributed by atoms with Crippen LogP contribution in [0.15, 0.2) is 69.2 Å². The van der Waals surface area contributed by atoms with Crippen molar-refractivity contribution in [2.75, 3.05) is 24.2 Å². The molecular formula is C25H29ClN6O3. The third kappa shape index (κ3) is 5.06. The number of nitrogens with two attached hydrogens (primary N) is 1. The van der Waals surface area contributed by atoms with Gasteiger partial charge < -0.3 is 23.0 Å². The molecule has 0 fully saturated rings. The van der Waals surface area contributed by atoms with Crippen molar-refractivity contribution in [1.29, 1.82) is 0 Å². The van der Waals surface area contributed by atoms with Crippen LogP contribution in [0.25, 0.3) is 0 Å². The molecule has 0 radical (unpaired) electrons. The normalized spacial score (nSPS) is 14.6. The number of carbonyl (C=O) groups is 1. The van der Waals surface area contributed by atoms with Crippen LogP contribution in [0.1, 0.15) is 26.3 Å². The molecule has 9 nitrogen and oxygen atoms in total. The fourth-order valence-electron chi connectivity index (χ4n) is 4.16. The third-order valence-corrected chi connectivity index (χ3v) is 5.89. The van der Waals surface area contributed by atoms with Gasteiger partial charge >= 0.3 is 5.69 Å². The lowest BCUT2D eigenvalue weighted by Crippen LogP contribution is -3.11. The molecule has 4 N–H and O–H groups in total. The number of aromatic nitrogens is 2. The van der Waals surface area contributed by atoms with E-state index in [4.69, 9.17) is 10.7 Å². The number of likely N-dealkylation sites (N-methyl/N-ethyl adjacent to an activating group) is 1. The van der Waals surface area contributed by atoms with Gasteiger partial charge in [-0.1, -0.05) is 42.5 Å². The predicted octanol–water partition coefficient (Wildman–Crippen LogP) is -1.56. The molecule has 0 saturated carbocycles. The van der Waals surface area contributed by atoms with Gasteiger partial charge in [0.2, 0.25) is 5.84 Å². The number of rotatable bonds is 5. The number of hydrogen-bond donors (Lipinski definition) is 3. The number of para-hydroxylation sites is 2. The van der Waals surface area contributed by atoms with Crippen LogP contribution < -0.4 is 39.2 Å².